The molecule has 0 saturated carbocycles. The van der Waals surface area contributed by atoms with E-state index in [9.17, 15) is 4.39 Å². The third-order valence-electron chi connectivity index (χ3n) is 3.93. The van der Waals surface area contributed by atoms with Crippen LogP contribution in [0.2, 0.25) is 0 Å². The third-order valence-corrected chi connectivity index (χ3v) is 4.60. The molecule has 1 N–H and O–H groups in total. The van der Waals surface area contributed by atoms with Gasteiger partial charge in [0.15, 0.2) is 0 Å². The minimum absolute atomic E-state index is 0. The Morgan fingerprint density at radius 3 is 2.41 bits per heavy atom. The predicted molar refractivity (Wildman–Crippen MR) is 105 cm³/mol. The lowest BCUT2D eigenvalue weighted by atomic mass is 9.95. The summed E-state index contributed by atoms with van der Waals surface area (Å²) in [5.74, 6) is 0.601. The predicted octanol–water partition coefficient (Wildman–Crippen LogP) is 4.66. The lowest BCUT2D eigenvalue weighted by Crippen LogP contribution is -2.45. The first kappa shape index (κ1) is 22.4. The number of hydrogen-bond acceptors (Lipinski definition) is 2. The standard InChI is InChI=1S/C16H24FIN2.2ClH/c1-12(2)3-6-16(20-9-7-19-8-10-20)14-11-13(18)4-5-15(14)17;;/h4-5,11-12,16,19H,3,6-10H2,1-2H3;2*1H/t16-;;/m0../s1. The van der Waals surface area contributed by atoms with E-state index in [1.807, 2.05) is 12.1 Å². The van der Waals surface area contributed by atoms with Crippen LogP contribution in [0.25, 0.3) is 0 Å². The summed E-state index contributed by atoms with van der Waals surface area (Å²) in [6.45, 7) is 8.49. The zero-order valence-corrected chi connectivity index (χ0v) is 16.9. The summed E-state index contributed by atoms with van der Waals surface area (Å²) < 4.78 is 15.4. The molecular weight excluding hydrogens is 437 g/mol. The molecule has 1 fully saturated rings. The number of benzene rings is 1. The van der Waals surface area contributed by atoms with Crippen molar-refractivity contribution in [3.63, 3.8) is 0 Å². The van der Waals surface area contributed by atoms with Crippen LogP contribution >= 0.6 is 47.4 Å². The molecule has 0 bridgehead atoms. The number of halogens is 4. The van der Waals surface area contributed by atoms with Crippen LogP contribution in [0.4, 0.5) is 4.39 Å². The van der Waals surface area contributed by atoms with Crippen molar-refractivity contribution >= 4 is 47.4 Å². The highest BCUT2D eigenvalue weighted by atomic mass is 127. The van der Waals surface area contributed by atoms with Crippen molar-refractivity contribution in [2.75, 3.05) is 26.2 Å². The second-order valence-corrected chi connectivity index (χ2v) is 7.18. The molecule has 22 heavy (non-hydrogen) atoms. The molecule has 6 heteroatoms. The molecule has 1 heterocycles. The lowest BCUT2D eigenvalue weighted by molar-refractivity contribution is 0.156. The number of nitrogens with zero attached hydrogens (tertiary/aromatic N) is 1. The summed E-state index contributed by atoms with van der Waals surface area (Å²) >= 11 is 2.27. The molecule has 2 nitrogen and oxygen atoms in total. The van der Waals surface area contributed by atoms with Gasteiger partial charge in [-0.2, -0.15) is 0 Å². The van der Waals surface area contributed by atoms with Crippen molar-refractivity contribution in [3.8, 4) is 0 Å². The highest BCUT2D eigenvalue weighted by molar-refractivity contribution is 14.1. The van der Waals surface area contributed by atoms with E-state index in [1.165, 1.54) is 0 Å². The summed E-state index contributed by atoms with van der Waals surface area (Å²) in [5, 5.41) is 3.38. The minimum Gasteiger partial charge on any atom is -0.314 e. The quantitative estimate of drug-likeness (QED) is 0.640. The van der Waals surface area contributed by atoms with Crippen molar-refractivity contribution in [1.29, 1.82) is 0 Å². The van der Waals surface area contributed by atoms with Gasteiger partial charge in [0.25, 0.3) is 0 Å². The molecule has 128 valence electrons. The minimum atomic E-state index is -0.0577. The van der Waals surface area contributed by atoms with Crippen LogP contribution in [0.1, 0.15) is 38.3 Å². The van der Waals surface area contributed by atoms with Gasteiger partial charge in [0.1, 0.15) is 5.82 Å². The fourth-order valence-electron chi connectivity index (χ4n) is 2.79. The van der Waals surface area contributed by atoms with Crippen LogP contribution in [-0.4, -0.2) is 31.1 Å². The second-order valence-electron chi connectivity index (χ2n) is 5.94. The molecule has 0 aliphatic carbocycles. The van der Waals surface area contributed by atoms with E-state index in [0.717, 1.165) is 48.2 Å². The number of nitrogens with one attached hydrogen (secondary N) is 1. The molecule has 0 unspecified atom stereocenters. The molecule has 0 radical (unpaired) electrons. The maximum atomic E-state index is 14.3. The number of rotatable bonds is 5. The highest BCUT2D eigenvalue weighted by Gasteiger charge is 2.24. The number of hydrogen-bond donors (Lipinski definition) is 1. The Labute approximate surface area is 159 Å². The largest absolute Gasteiger partial charge is 0.314 e. The van der Waals surface area contributed by atoms with Crippen LogP contribution in [0.15, 0.2) is 18.2 Å². The third kappa shape index (κ3) is 6.48. The summed E-state index contributed by atoms with van der Waals surface area (Å²) in [6, 6.07) is 5.69. The Hall–Kier alpha value is 0.380. The monoisotopic (exact) mass is 462 g/mol. The lowest BCUT2D eigenvalue weighted by Gasteiger charge is -2.36. The van der Waals surface area contributed by atoms with Crippen LogP contribution in [0.3, 0.4) is 0 Å². The summed E-state index contributed by atoms with van der Waals surface area (Å²) in [5.41, 5.74) is 0.874. The van der Waals surface area contributed by atoms with Gasteiger partial charge in [-0.25, -0.2) is 4.39 Å². The van der Waals surface area contributed by atoms with E-state index < -0.39 is 0 Å². The van der Waals surface area contributed by atoms with Crippen molar-refractivity contribution < 1.29 is 4.39 Å². The molecule has 0 aromatic heterocycles. The van der Waals surface area contributed by atoms with E-state index in [-0.39, 0.29) is 36.7 Å². The average Bonchev–Trinajstić information content (AvgIpc) is 2.43. The molecule has 0 spiro atoms. The van der Waals surface area contributed by atoms with Crippen molar-refractivity contribution in [3.05, 3.63) is 33.1 Å². The molecule has 1 aromatic rings. The second kappa shape index (κ2) is 11.0. The van der Waals surface area contributed by atoms with Gasteiger partial charge in [0.2, 0.25) is 0 Å². The Morgan fingerprint density at radius 2 is 1.82 bits per heavy atom. The van der Waals surface area contributed by atoms with Gasteiger partial charge in [-0.1, -0.05) is 13.8 Å². The fraction of sp³-hybridized carbons (Fsp3) is 0.625. The van der Waals surface area contributed by atoms with E-state index in [1.54, 1.807) is 6.07 Å². The first-order valence-corrected chi connectivity index (χ1v) is 8.55. The Kier molecular flexibility index (Phi) is 11.2. The van der Waals surface area contributed by atoms with Gasteiger partial charge >= 0.3 is 0 Å². The molecular formula is C16H26Cl2FIN2. The SMILES string of the molecule is CC(C)CC[C@@H](c1cc(I)ccc1F)N1CCNCC1.Cl.Cl. The van der Waals surface area contributed by atoms with Crippen molar-refractivity contribution in [1.82, 2.24) is 10.2 Å². The van der Waals surface area contributed by atoms with E-state index in [4.69, 9.17) is 0 Å². The maximum absolute atomic E-state index is 14.3. The van der Waals surface area contributed by atoms with E-state index in [0.29, 0.717) is 5.92 Å². The van der Waals surface area contributed by atoms with Crippen LogP contribution in [0, 0.1) is 15.3 Å². The van der Waals surface area contributed by atoms with Gasteiger partial charge in [0, 0.05) is 41.4 Å². The normalized spacial score (nSPS) is 16.8. The topological polar surface area (TPSA) is 15.3 Å². The molecule has 1 aliphatic rings. The Morgan fingerprint density at radius 1 is 1.18 bits per heavy atom. The number of piperazine rings is 1. The first-order valence-electron chi connectivity index (χ1n) is 7.47. The average molecular weight is 463 g/mol. The van der Waals surface area contributed by atoms with Crippen molar-refractivity contribution in [2.45, 2.75) is 32.7 Å². The van der Waals surface area contributed by atoms with Crippen LogP contribution < -0.4 is 5.32 Å². The van der Waals surface area contributed by atoms with Gasteiger partial charge in [-0.05, 0) is 59.5 Å². The molecule has 0 amide bonds. The van der Waals surface area contributed by atoms with Gasteiger partial charge in [-0.3, -0.25) is 4.90 Å². The zero-order chi connectivity index (χ0) is 14.5. The molecule has 1 saturated heterocycles. The zero-order valence-electron chi connectivity index (χ0n) is 13.1. The molecule has 2 rings (SSSR count). The first-order chi connectivity index (χ1) is 9.58. The van der Waals surface area contributed by atoms with Crippen molar-refractivity contribution in [2.24, 2.45) is 5.92 Å². The smallest absolute Gasteiger partial charge is 0.128 e. The molecule has 1 aliphatic heterocycles. The van der Waals surface area contributed by atoms with E-state index >= 15 is 0 Å². The van der Waals surface area contributed by atoms with Gasteiger partial charge in [-0.15, -0.1) is 24.8 Å². The summed E-state index contributed by atoms with van der Waals surface area (Å²) in [7, 11) is 0. The summed E-state index contributed by atoms with van der Waals surface area (Å²) in [4.78, 5) is 2.44. The summed E-state index contributed by atoms with van der Waals surface area (Å²) in [6.07, 6.45) is 2.17. The van der Waals surface area contributed by atoms with E-state index in [2.05, 4.69) is 46.7 Å². The molecule has 1 aromatic carbocycles. The molecule has 1 atom stereocenters. The van der Waals surface area contributed by atoms with Crippen LogP contribution in [-0.2, 0) is 0 Å². The highest BCUT2D eigenvalue weighted by Crippen LogP contribution is 2.30. The fourth-order valence-corrected chi connectivity index (χ4v) is 3.31. The Balaban J connectivity index is 0.00000220. The van der Waals surface area contributed by atoms with Crippen LogP contribution in [0.5, 0.6) is 0 Å². The maximum Gasteiger partial charge on any atom is 0.128 e. The van der Waals surface area contributed by atoms with Gasteiger partial charge in [0.05, 0.1) is 0 Å². The van der Waals surface area contributed by atoms with Gasteiger partial charge < -0.3 is 5.32 Å². The Bertz CT molecular complexity index is 440.